The van der Waals surface area contributed by atoms with Crippen LogP contribution in [0.25, 0.3) is 62.5 Å². The Labute approximate surface area is 287 Å². The molecule has 1 heterocycles. The maximum atomic E-state index is 5.02. The summed E-state index contributed by atoms with van der Waals surface area (Å²) in [6.07, 6.45) is 8.93. The van der Waals surface area contributed by atoms with Crippen LogP contribution < -0.4 is 0 Å². The smallest absolute Gasteiger partial charge is 0.0715 e. The maximum Gasteiger partial charge on any atom is 0.0715 e. The molecule has 1 atom stereocenters. The Kier molecular flexibility index (Phi) is 6.45. The summed E-state index contributed by atoms with van der Waals surface area (Å²) in [7, 11) is 0. The third-order valence-corrected chi connectivity index (χ3v) is 10.6. The van der Waals surface area contributed by atoms with Crippen LogP contribution in [0.5, 0.6) is 0 Å². The van der Waals surface area contributed by atoms with E-state index in [1.807, 2.05) is 0 Å². The molecule has 3 aliphatic rings. The van der Waals surface area contributed by atoms with Crippen LogP contribution in [0.15, 0.2) is 157 Å². The van der Waals surface area contributed by atoms with Crippen molar-refractivity contribution in [3.63, 3.8) is 0 Å². The first-order valence-electron chi connectivity index (χ1n) is 17.3. The lowest BCUT2D eigenvalue weighted by atomic mass is 9.73. The number of nitrogens with zero attached hydrogens (tertiary/aromatic N) is 1. The number of aromatic nitrogens is 1. The fourth-order valence-electron chi connectivity index (χ4n) is 8.38. The van der Waals surface area contributed by atoms with Gasteiger partial charge in [0.2, 0.25) is 0 Å². The van der Waals surface area contributed by atoms with Gasteiger partial charge in [-0.1, -0.05) is 146 Å². The minimum Gasteiger partial charge on any atom is -0.248 e. The lowest BCUT2D eigenvalue weighted by Crippen LogP contribution is -2.12. The number of hydrogen-bond acceptors (Lipinski definition) is 1. The van der Waals surface area contributed by atoms with Crippen molar-refractivity contribution in [1.29, 1.82) is 0 Å². The normalized spacial score (nSPS) is 16.5. The third kappa shape index (κ3) is 4.73. The van der Waals surface area contributed by atoms with Gasteiger partial charge in [-0.05, 0) is 115 Å². The summed E-state index contributed by atoms with van der Waals surface area (Å²) in [5.74, 6) is 0.274. The molecule has 0 radical (unpaired) electrons. The molecular formula is C48H33N. The minimum atomic E-state index is 0.274. The monoisotopic (exact) mass is 623 g/mol. The fraction of sp³-hybridized carbons (Fsp3) is 0.0625. The lowest BCUT2D eigenvalue weighted by Gasteiger charge is -2.30. The topological polar surface area (TPSA) is 12.9 Å². The predicted molar refractivity (Wildman–Crippen MR) is 206 cm³/mol. The Hall–Kier alpha value is -6.05. The number of para-hydroxylation sites is 1. The van der Waals surface area contributed by atoms with Crippen LogP contribution in [-0.2, 0) is 6.42 Å². The third-order valence-electron chi connectivity index (χ3n) is 10.6. The Morgan fingerprint density at radius 3 is 2.20 bits per heavy atom. The standard InChI is InChI=1S/C48H33N/c1-2-11-31(12-3-1)25-35-26-34-13-10-19-41(48(34)44-18-7-4-14-39(35)44)32-21-23-33(24-22-32)45-30-37-28-38-27-36(40-15-8-9-20-47(40)49-38)29-46(37)43-17-6-5-16-42(43)45/h1-25,27-29,45H,26,30H2/b35-25-. The molecule has 230 valence electrons. The molecule has 0 amide bonds. The zero-order valence-electron chi connectivity index (χ0n) is 27.1. The van der Waals surface area contributed by atoms with Gasteiger partial charge >= 0.3 is 0 Å². The zero-order valence-corrected chi connectivity index (χ0v) is 27.1. The second-order valence-electron chi connectivity index (χ2n) is 13.5. The average Bonchev–Trinajstić information content (AvgIpc) is 3.31. The van der Waals surface area contributed by atoms with Crippen molar-refractivity contribution in [1.82, 2.24) is 4.98 Å². The van der Waals surface area contributed by atoms with Crippen molar-refractivity contribution in [3.8, 4) is 22.3 Å². The summed E-state index contributed by atoms with van der Waals surface area (Å²) < 4.78 is 0. The number of pyridine rings is 1. The van der Waals surface area contributed by atoms with Crippen LogP contribution in [0, 0.1) is 0 Å². The molecule has 49 heavy (non-hydrogen) atoms. The summed E-state index contributed by atoms with van der Waals surface area (Å²) in [6.45, 7) is 0. The molecule has 1 unspecified atom stereocenters. The van der Waals surface area contributed by atoms with Gasteiger partial charge in [-0.2, -0.15) is 0 Å². The Morgan fingerprint density at radius 2 is 1.33 bits per heavy atom. The first-order chi connectivity index (χ1) is 24.3. The van der Waals surface area contributed by atoms with Crippen molar-refractivity contribution in [3.05, 3.63) is 202 Å². The molecule has 0 fully saturated rings. The van der Waals surface area contributed by atoms with Crippen molar-refractivity contribution in [2.75, 3.05) is 0 Å². The summed E-state index contributed by atoms with van der Waals surface area (Å²) in [4.78, 5) is 5.02. The average molecular weight is 624 g/mol. The number of rotatable bonds is 3. The van der Waals surface area contributed by atoms with E-state index in [4.69, 9.17) is 4.98 Å². The van der Waals surface area contributed by atoms with Crippen LogP contribution in [0.4, 0.5) is 0 Å². The van der Waals surface area contributed by atoms with Gasteiger partial charge in [0.25, 0.3) is 0 Å². The van der Waals surface area contributed by atoms with Crippen LogP contribution in [0.3, 0.4) is 0 Å². The molecular weight excluding hydrogens is 591 g/mol. The van der Waals surface area contributed by atoms with Gasteiger partial charge in [0, 0.05) is 11.3 Å². The van der Waals surface area contributed by atoms with E-state index in [2.05, 4.69) is 170 Å². The number of benzene rings is 6. The van der Waals surface area contributed by atoms with Gasteiger partial charge in [-0.15, -0.1) is 0 Å². The van der Waals surface area contributed by atoms with E-state index in [0.29, 0.717) is 0 Å². The second kappa shape index (κ2) is 11.3. The van der Waals surface area contributed by atoms with Gasteiger partial charge in [0.15, 0.2) is 0 Å². The van der Waals surface area contributed by atoms with E-state index >= 15 is 0 Å². The molecule has 0 saturated heterocycles. The molecule has 10 rings (SSSR count). The second-order valence-corrected chi connectivity index (χ2v) is 13.5. The van der Waals surface area contributed by atoms with Gasteiger partial charge in [-0.25, -0.2) is 4.98 Å². The highest BCUT2D eigenvalue weighted by atomic mass is 14.7. The van der Waals surface area contributed by atoms with Crippen molar-refractivity contribution >= 4 is 40.3 Å². The largest absolute Gasteiger partial charge is 0.248 e. The van der Waals surface area contributed by atoms with Crippen LogP contribution >= 0.6 is 0 Å². The van der Waals surface area contributed by atoms with Crippen LogP contribution in [-0.4, -0.2) is 4.98 Å². The Bertz CT molecular complexity index is 2530. The number of fused-ring (bicyclic) bond motifs is 10. The molecule has 0 aliphatic heterocycles. The highest BCUT2D eigenvalue weighted by Crippen LogP contribution is 2.49. The van der Waals surface area contributed by atoms with Crippen LogP contribution in [0.2, 0.25) is 0 Å². The number of hydrogen-bond donors (Lipinski definition) is 0. The highest BCUT2D eigenvalue weighted by molar-refractivity contribution is 6.04. The molecule has 0 spiro atoms. The number of allylic oxidation sites excluding steroid dienone is 3. The quantitative estimate of drug-likeness (QED) is 0.191. The lowest BCUT2D eigenvalue weighted by molar-refractivity contribution is 0.795. The fourth-order valence-corrected chi connectivity index (χ4v) is 8.38. The molecule has 2 bridgehead atoms. The van der Waals surface area contributed by atoms with E-state index in [9.17, 15) is 0 Å². The molecule has 0 saturated carbocycles. The van der Waals surface area contributed by atoms with Gasteiger partial charge < -0.3 is 0 Å². The first kappa shape index (κ1) is 28.0. The molecule has 1 nitrogen and oxygen atoms in total. The zero-order chi connectivity index (χ0) is 32.3. The van der Waals surface area contributed by atoms with E-state index < -0.39 is 0 Å². The highest BCUT2D eigenvalue weighted by Gasteiger charge is 2.29. The molecule has 1 aromatic heterocycles. The van der Waals surface area contributed by atoms with Crippen molar-refractivity contribution < 1.29 is 0 Å². The van der Waals surface area contributed by atoms with E-state index in [-0.39, 0.29) is 5.92 Å². The molecule has 3 aliphatic carbocycles. The van der Waals surface area contributed by atoms with Gasteiger partial charge in [0.1, 0.15) is 0 Å². The summed E-state index contributed by atoms with van der Waals surface area (Å²) in [5.41, 5.74) is 20.7. The maximum absolute atomic E-state index is 5.02. The van der Waals surface area contributed by atoms with Crippen LogP contribution in [0.1, 0.15) is 57.0 Å². The van der Waals surface area contributed by atoms with E-state index in [1.165, 1.54) is 83.3 Å². The molecule has 1 heteroatoms. The first-order valence-corrected chi connectivity index (χ1v) is 17.3. The SMILES string of the molecule is C1=C2CC(c3ccc(-c4cccc5c4-c4ccccc4/C(=C\c4ccccc4)C5)cc3)c3ccccc3C2=Cc2cc1nc1ccccc21. The summed E-state index contributed by atoms with van der Waals surface area (Å²) >= 11 is 0. The van der Waals surface area contributed by atoms with Crippen molar-refractivity contribution in [2.24, 2.45) is 0 Å². The summed E-state index contributed by atoms with van der Waals surface area (Å²) in [6, 6.07) is 55.6. The van der Waals surface area contributed by atoms with Gasteiger partial charge in [-0.3, -0.25) is 0 Å². The summed E-state index contributed by atoms with van der Waals surface area (Å²) in [5, 5.41) is 1.21. The van der Waals surface area contributed by atoms with Gasteiger partial charge in [0.05, 0.1) is 11.2 Å². The minimum absolute atomic E-state index is 0.274. The molecule has 6 aromatic carbocycles. The van der Waals surface area contributed by atoms with E-state index in [0.717, 1.165) is 24.1 Å². The van der Waals surface area contributed by atoms with E-state index in [1.54, 1.807) is 0 Å². The Balaban J connectivity index is 1.04. The molecule has 0 N–H and O–H groups in total. The Morgan fingerprint density at radius 1 is 0.592 bits per heavy atom. The predicted octanol–water partition coefficient (Wildman–Crippen LogP) is 12.1. The molecule has 7 aromatic rings. The van der Waals surface area contributed by atoms with Crippen molar-refractivity contribution in [2.45, 2.75) is 18.8 Å².